The van der Waals surface area contributed by atoms with Crippen molar-refractivity contribution in [2.45, 2.75) is 11.8 Å². The Morgan fingerprint density at radius 1 is 1.05 bits per heavy atom. The number of ether oxygens (including phenoxy) is 2. The van der Waals surface area contributed by atoms with Gasteiger partial charge >= 0.3 is 0 Å². The number of methoxy groups -OCH3 is 2. The maximum Gasteiger partial charge on any atom is 0.162 e. The minimum atomic E-state index is -0.875. The van der Waals surface area contributed by atoms with Gasteiger partial charge in [-0.05, 0) is 35.7 Å². The van der Waals surface area contributed by atoms with E-state index in [1.807, 2.05) is 0 Å². The Morgan fingerprint density at radius 3 is 2.24 bits per heavy atom. The molecule has 0 radical (unpaired) electrons. The summed E-state index contributed by atoms with van der Waals surface area (Å²) in [5.74, 6) is -0.554. The number of rotatable bonds is 5. The Labute approximate surface area is 127 Å². The minimum absolute atomic E-state index is 0.168. The van der Waals surface area contributed by atoms with E-state index in [9.17, 15) is 8.78 Å². The van der Waals surface area contributed by atoms with Gasteiger partial charge in [0.1, 0.15) is 11.5 Å². The molecular weight excluding hydrogens is 298 g/mol. The van der Waals surface area contributed by atoms with Crippen LogP contribution in [0.4, 0.5) is 8.78 Å². The Balaban J connectivity index is 2.27. The average Bonchev–Trinajstić information content (AvgIpc) is 2.51. The molecule has 0 heterocycles. The van der Waals surface area contributed by atoms with Crippen molar-refractivity contribution in [1.29, 1.82) is 0 Å². The Bertz CT molecular complexity index is 609. The Kier molecular flexibility index (Phi) is 5.02. The van der Waals surface area contributed by atoms with Gasteiger partial charge in [0.05, 0.1) is 19.6 Å². The van der Waals surface area contributed by atoms with Crippen molar-refractivity contribution in [3.8, 4) is 11.5 Å². The highest BCUT2D eigenvalue weighted by molar-refractivity contribution is 6.21. The molecule has 2 nitrogen and oxygen atoms in total. The summed E-state index contributed by atoms with van der Waals surface area (Å²) < 4.78 is 37.2. The van der Waals surface area contributed by atoms with Gasteiger partial charge < -0.3 is 9.47 Å². The lowest BCUT2D eigenvalue weighted by Crippen LogP contribution is -2.01. The summed E-state index contributed by atoms with van der Waals surface area (Å²) in [5.41, 5.74) is 0.952. The van der Waals surface area contributed by atoms with Crippen molar-refractivity contribution in [2.75, 3.05) is 14.2 Å². The second-order valence-electron chi connectivity index (χ2n) is 4.53. The van der Waals surface area contributed by atoms with E-state index in [1.165, 1.54) is 26.4 Å². The number of hydrogen-bond donors (Lipinski definition) is 0. The summed E-state index contributed by atoms with van der Waals surface area (Å²) in [6.45, 7) is 0. The lowest BCUT2D eigenvalue weighted by atomic mass is 10.0. The first-order chi connectivity index (χ1) is 10.0. The normalized spacial score (nSPS) is 12.0. The zero-order valence-corrected chi connectivity index (χ0v) is 12.5. The summed E-state index contributed by atoms with van der Waals surface area (Å²) in [5, 5.41) is -0.523. The van der Waals surface area contributed by atoms with Crippen molar-refractivity contribution in [2.24, 2.45) is 0 Å². The van der Waals surface area contributed by atoms with Gasteiger partial charge in [-0.15, -0.1) is 11.6 Å². The monoisotopic (exact) mass is 312 g/mol. The molecule has 0 N–H and O–H groups in total. The molecule has 0 saturated carbocycles. The van der Waals surface area contributed by atoms with Crippen LogP contribution in [0.15, 0.2) is 36.4 Å². The van der Waals surface area contributed by atoms with E-state index in [0.717, 1.165) is 11.6 Å². The van der Waals surface area contributed by atoms with Crippen LogP contribution in [0.25, 0.3) is 0 Å². The highest BCUT2D eigenvalue weighted by atomic mass is 35.5. The first-order valence-electron chi connectivity index (χ1n) is 6.35. The minimum Gasteiger partial charge on any atom is -0.497 e. The molecule has 1 atom stereocenters. The van der Waals surface area contributed by atoms with Gasteiger partial charge in [-0.3, -0.25) is 0 Å². The standard InChI is InChI=1S/C16H15ClF2O2/c1-20-12-6-11(7-13(9-12)21-2)14(17)8-10-4-3-5-15(18)16(10)19/h3-7,9,14H,8H2,1-2H3. The molecule has 0 aliphatic carbocycles. The molecule has 2 rings (SSSR count). The maximum absolute atomic E-state index is 13.7. The molecule has 112 valence electrons. The Morgan fingerprint density at radius 2 is 1.67 bits per heavy atom. The van der Waals surface area contributed by atoms with Crippen molar-refractivity contribution in [3.05, 3.63) is 59.2 Å². The van der Waals surface area contributed by atoms with Gasteiger partial charge in [0, 0.05) is 6.07 Å². The van der Waals surface area contributed by atoms with Crippen molar-refractivity contribution < 1.29 is 18.3 Å². The quantitative estimate of drug-likeness (QED) is 0.757. The first-order valence-corrected chi connectivity index (χ1v) is 6.78. The van der Waals surface area contributed by atoms with Crippen LogP contribution < -0.4 is 9.47 Å². The number of benzene rings is 2. The fourth-order valence-electron chi connectivity index (χ4n) is 2.03. The van der Waals surface area contributed by atoms with Gasteiger partial charge in [-0.25, -0.2) is 8.78 Å². The molecule has 0 fully saturated rings. The van der Waals surface area contributed by atoms with E-state index in [0.29, 0.717) is 11.5 Å². The van der Waals surface area contributed by atoms with Crippen LogP contribution in [-0.4, -0.2) is 14.2 Å². The van der Waals surface area contributed by atoms with Crippen molar-refractivity contribution in [1.82, 2.24) is 0 Å². The molecule has 0 bridgehead atoms. The van der Waals surface area contributed by atoms with E-state index in [4.69, 9.17) is 21.1 Å². The van der Waals surface area contributed by atoms with Crippen molar-refractivity contribution >= 4 is 11.6 Å². The molecule has 0 aliphatic rings. The topological polar surface area (TPSA) is 18.5 Å². The number of hydrogen-bond acceptors (Lipinski definition) is 2. The fourth-order valence-corrected chi connectivity index (χ4v) is 2.32. The summed E-state index contributed by atoms with van der Waals surface area (Å²) in [7, 11) is 3.07. The second-order valence-corrected chi connectivity index (χ2v) is 5.06. The van der Waals surface area contributed by atoms with Gasteiger partial charge in [-0.2, -0.15) is 0 Å². The third-order valence-corrected chi connectivity index (χ3v) is 3.57. The van der Waals surface area contributed by atoms with Crippen LogP contribution >= 0.6 is 11.6 Å². The lowest BCUT2D eigenvalue weighted by molar-refractivity contribution is 0.393. The number of alkyl halides is 1. The smallest absolute Gasteiger partial charge is 0.162 e. The third kappa shape index (κ3) is 3.64. The summed E-state index contributed by atoms with van der Waals surface area (Å²) in [4.78, 5) is 0. The van der Waals surface area contributed by atoms with Crippen LogP contribution in [0, 0.1) is 11.6 Å². The van der Waals surface area contributed by atoms with E-state index in [2.05, 4.69) is 0 Å². The van der Waals surface area contributed by atoms with Crippen LogP contribution in [0.2, 0.25) is 0 Å². The molecule has 0 aliphatic heterocycles. The lowest BCUT2D eigenvalue weighted by Gasteiger charge is -2.14. The molecule has 21 heavy (non-hydrogen) atoms. The maximum atomic E-state index is 13.7. The first kappa shape index (κ1) is 15.6. The molecule has 1 unspecified atom stereocenters. The summed E-state index contributed by atoms with van der Waals surface area (Å²) in [6, 6.07) is 9.27. The van der Waals surface area contributed by atoms with Crippen LogP contribution in [0.3, 0.4) is 0 Å². The van der Waals surface area contributed by atoms with Crippen LogP contribution in [0.1, 0.15) is 16.5 Å². The molecule has 0 spiro atoms. The predicted molar refractivity (Wildman–Crippen MR) is 78.2 cm³/mol. The van der Waals surface area contributed by atoms with Gasteiger partial charge in [-0.1, -0.05) is 12.1 Å². The van der Waals surface area contributed by atoms with Crippen LogP contribution in [-0.2, 0) is 6.42 Å². The molecule has 0 saturated heterocycles. The highest BCUT2D eigenvalue weighted by Gasteiger charge is 2.16. The molecule has 0 aromatic heterocycles. The fraction of sp³-hybridized carbons (Fsp3) is 0.250. The Hall–Kier alpha value is -1.81. The molecule has 2 aromatic carbocycles. The van der Waals surface area contributed by atoms with Gasteiger partial charge in [0.2, 0.25) is 0 Å². The second kappa shape index (κ2) is 6.76. The largest absolute Gasteiger partial charge is 0.497 e. The van der Waals surface area contributed by atoms with E-state index in [1.54, 1.807) is 18.2 Å². The molecular formula is C16H15ClF2O2. The average molecular weight is 313 g/mol. The van der Waals surface area contributed by atoms with Gasteiger partial charge in [0.15, 0.2) is 11.6 Å². The van der Waals surface area contributed by atoms with Crippen molar-refractivity contribution in [3.63, 3.8) is 0 Å². The molecule has 0 amide bonds. The third-order valence-electron chi connectivity index (χ3n) is 3.17. The SMILES string of the molecule is COc1cc(OC)cc(C(Cl)Cc2cccc(F)c2F)c1. The predicted octanol–water partition coefficient (Wildman–Crippen LogP) is 4.50. The highest BCUT2D eigenvalue weighted by Crippen LogP contribution is 2.32. The van der Waals surface area contributed by atoms with Crippen LogP contribution in [0.5, 0.6) is 11.5 Å². The molecule has 2 aromatic rings. The van der Waals surface area contributed by atoms with E-state index >= 15 is 0 Å². The van der Waals surface area contributed by atoms with E-state index in [-0.39, 0.29) is 12.0 Å². The zero-order valence-electron chi connectivity index (χ0n) is 11.7. The zero-order chi connectivity index (χ0) is 15.4. The summed E-state index contributed by atoms with van der Waals surface area (Å²) in [6.07, 6.45) is 0.168. The summed E-state index contributed by atoms with van der Waals surface area (Å²) >= 11 is 6.32. The van der Waals surface area contributed by atoms with Gasteiger partial charge in [0.25, 0.3) is 0 Å². The van der Waals surface area contributed by atoms with E-state index < -0.39 is 17.0 Å². The number of halogens is 3. The molecule has 5 heteroatoms.